The average molecular weight is 334 g/mol. The maximum absolute atomic E-state index is 13.4. The number of nitrogens with one attached hydrogen (secondary N) is 2. The number of fused-ring (bicyclic) bond motifs is 1. The van der Waals surface area contributed by atoms with Crippen molar-refractivity contribution in [1.29, 1.82) is 0 Å². The van der Waals surface area contributed by atoms with E-state index in [1.165, 1.54) is 18.3 Å². The summed E-state index contributed by atoms with van der Waals surface area (Å²) in [5, 5.41) is 9.69. The third-order valence-corrected chi connectivity index (χ3v) is 3.80. The number of aromatic amines is 1. The minimum atomic E-state index is -0.534. The summed E-state index contributed by atoms with van der Waals surface area (Å²) < 4.78 is 24.3. The first-order chi connectivity index (χ1) is 11.6. The lowest BCUT2D eigenvalue weighted by atomic mass is 9.99. The highest BCUT2D eigenvalue weighted by atomic mass is 19.1. The summed E-state index contributed by atoms with van der Waals surface area (Å²) in [7, 11) is 0. The van der Waals surface area contributed by atoms with E-state index in [9.17, 15) is 9.18 Å². The predicted molar refractivity (Wildman–Crippen MR) is 83.3 cm³/mol. The molecule has 7 nitrogen and oxygen atoms in total. The Morgan fingerprint density at radius 1 is 1.54 bits per heavy atom. The first-order valence-corrected chi connectivity index (χ1v) is 7.80. The topological polar surface area (TPSA) is 89.1 Å². The van der Waals surface area contributed by atoms with Crippen molar-refractivity contribution in [2.24, 2.45) is 0 Å². The van der Waals surface area contributed by atoms with Crippen LogP contribution in [0.25, 0.3) is 0 Å². The first kappa shape index (κ1) is 16.4. The van der Waals surface area contributed by atoms with E-state index in [0.717, 1.165) is 11.3 Å². The van der Waals surface area contributed by atoms with Gasteiger partial charge in [0.1, 0.15) is 6.61 Å². The van der Waals surface area contributed by atoms with Crippen LogP contribution in [0.5, 0.6) is 5.88 Å². The van der Waals surface area contributed by atoms with Gasteiger partial charge in [0.2, 0.25) is 5.88 Å². The molecule has 128 valence electrons. The Balaban J connectivity index is 1.56. The Labute approximate surface area is 138 Å². The highest BCUT2D eigenvalue weighted by Gasteiger charge is 2.29. The molecule has 0 bridgehead atoms. The van der Waals surface area contributed by atoms with Crippen molar-refractivity contribution >= 4 is 5.91 Å². The molecule has 0 fully saturated rings. The summed E-state index contributed by atoms with van der Waals surface area (Å²) in [5.41, 5.74) is 2.09. The highest BCUT2D eigenvalue weighted by molar-refractivity contribution is 5.94. The fourth-order valence-electron chi connectivity index (χ4n) is 2.73. The van der Waals surface area contributed by atoms with Crippen LogP contribution in [0, 0.1) is 5.82 Å². The Morgan fingerprint density at radius 3 is 3.17 bits per heavy atom. The largest absolute Gasteiger partial charge is 0.474 e. The van der Waals surface area contributed by atoms with Gasteiger partial charge in [-0.05, 0) is 26.0 Å². The number of halogens is 1. The minimum absolute atomic E-state index is 0.0344. The molecule has 24 heavy (non-hydrogen) atoms. The lowest BCUT2D eigenvalue weighted by Gasteiger charge is -2.25. The van der Waals surface area contributed by atoms with E-state index in [4.69, 9.17) is 9.47 Å². The number of ether oxygens (including phenoxy) is 2. The van der Waals surface area contributed by atoms with Crippen LogP contribution in [0.2, 0.25) is 0 Å². The van der Waals surface area contributed by atoms with Crippen LogP contribution >= 0.6 is 0 Å². The minimum Gasteiger partial charge on any atom is -0.474 e. The van der Waals surface area contributed by atoms with E-state index in [0.29, 0.717) is 12.1 Å². The first-order valence-electron chi connectivity index (χ1n) is 7.80. The van der Waals surface area contributed by atoms with Gasteiger partial charge in [-0.3, -0.25) is 9.89 Å². The monoisotopic (exact) mass is 334 g/mol. The van der Waals surface area contributed by atoms with Gasteiger partial charge in [-0.15, -0.1) is 0 Å². The smallest absolute Gasteiger partial charge is 0.272 e. The van der Waals surface area contributed by atoms with E-state index >= 15 is 0 Å². The van der Waals surface area contributed by atoms with Gasteiger partial charge < -0.3 is 14.8 Å². The summed E-state index contributed by atoms with van der Waals surface area (Å²) in [4.78, 5) is 16.1. The van der Waals surface area contributed by atoms with Crippen molar-refractivity contribution in [2.75, 3.05) is 13.2 Å². The highest BCUT2D eigenvalue weighted by Crippen LogP contribution is 2.29. The number of amides is 1. The number of H-pyrrole nitrogens is 1. The van der Waals surface area contributed by atoms with Crippen molar-refractivity contribution in [3.8, 4) is 5.88 Å². The molecule has 2 atom stereocenters. The summed E-state index contributed by atoms with van der Waals surface area (Å²) >= 11 is 0. The van der Waals surface area contributed by atoms with Gasteiger partial charge in [0.15, 0.2) is 11.5 Å². The van der Waals surface area contributed by atoms with Gasteiger partial charge in [-0.2, -0.15) is 5.10 Å². The van der Waals surface area contributed by atoms with E-state index in [2.05, 4.69) is 20.5 Å². The number of nitrogens with zero attached hydrogens (tertiary/aromatic N) is 2. The second-order valence-corrected chi connectivity index (χ2v) is 5.65. The van der Waals surface area contributed by atoms with Crippen molar-refractivity contribution in [3.05, 3.63) is 41.1 Å². The molecule has 2 aromatic heterocycles. The number of rotatable bonds is 5. The van der Waals surface area contributed by atoms with Crippen LogP contribution in [0.15, 0.2) is 18.3 Å². The molecular weight excluding hydrogens is 315 g/mol. The van der Waals surface area contributed by atoms with Crippen molar-refractivity contribution in [2.45, 2.75) is 32.5 Å². The van der Waals surface area contributed by atoms with Gasteiger partial charge in [0.05, 0.1) is 24.4 Å². The zero-order valence-electron chi connectivity index (χ0n) is 13.5. The van der Waals surface area contributed by atoms with Gasteiger partial charge in [-0.25, -0.2) is 9.37 Å². The number of pyridine rings is 1. The third kappa shape index (κ3) is 3.38. The third-order valence-electron chi connectivity index (χ3n) is 3.80. The molecule has 8 heteroatoms. The van der Waals surface area contributed by atoms with Crippen LogP contribution in [0.1, 0.15) is 41.7 Å². The fourth-order valence-corrected chi connectivity index (χ4v) is 2.73. The fraction of sp³-hybridized carbons (Fsp3) is 0.438. The Bertz CT molecular complexity index is 734. The van der Waals surface area contributed by atoms with Gasteiger partial charge in [0.25, 0.3) is 5.91 Å². The second kappa shape index (κ2) is 6.96. The second-order valence-electron chi connectivity index (χ2n) is 5.65. The van der Waals surface area contributed by atoms with Crippen LogP contribution in [0.3, 0.4) is 0 Å². The quantitative estimate of drug-likeness (QED) is 0.814. The van der Waals surface area contributed by atoms with Gasteiger partial charge in [0, 0.05) is 18.2 Å². The molecule has 3 heterocycles. The Morgan fingerprint density at radius 2 is 2.38 bits per heavy atom. The SMILES string of the molecule is C[C@@H]1Cc2c(C(=O)NCCOc3ncccc3F)n[nH]c2[C@H](C)O1. The van der Waals surface area contributed by atoms with Crippen molar-refractivity contribution in [1.82, 2.24) is 20.5 Å². The lowest BCUT2D eigenvalue weighted by Crippen LogP contribution is -2.30. The van der Waals surface area contributed by atoms with Crippen LogP contribution in [0.4, 0.5) is 4.39 Å². The molecule has 0 spiro atoms. The maximum atomic E-state index is 13.4. The number of aromatic nitrogens is 3. The molecule has 0 saturated carbocycles. The predicted octanol–water partition coefficient (Wildman–Crippen LogP) is 1.77. The number of hydrogen-bond acceptors (Lipinski definition) is 5. The van der Waals surface area contributed by atoms with Gasteiger partial charge in [-0.1, -0.05) is 0 Å². The molecule has 0 aliphatic carbocycles. The van der Waals surface area contributed by atoms with Crippen LogP contribution in [-0.4, -0.2) is 40.3 Å². The van der Waals surface area contributed by atoms with E-state index in [1.54, 1.807) is 0 Å². The molecule has 1 aliphatic heterocycles. The number of hydrogen-bond donors (Lipinski definition) is 2. The Hall–Kier alpha value is -2.48. The van der Waals surface area contributed by atoms with E-state index < -0.39 is 5.82 Å². The van der Waals surface area contributed by atoms with E-state index in [1.807, 2.05) is 13.8 Å². The van der Waals surface area contributed by atoms with E-state index in [-0.39, 0.29) is 37.1 Å². The molecular formula is C16H19FN4O3. The molecule has 2 aromatic rings. The standard InChI is InChI=1S/C16H19FN4O3/c1-9-8-11-13(10(2)24-9)20-21-14(11)15(22)18-6-7-23-16-12(17)4-3-5-19-16/h3-5,9-10H,6-8H2,1-2H3,(H,18,22)(H,20,21)/t9-,10+/m1/s1. The molecule has 0 unspecified atom stereocenters. The average Bonchev–Trinajstić information content (AvgIpc) is 2.97. The Kier molecular flexibility index (Phi) is 4.75. The molecule has 2 N–H and O–H groups in total. The zero-order chi connectivity index (χ0) is 17.1. The molecule has 0 radical (unpaired) electrons. The summed E-state index contributed by atoms with van der Waals surface area (Å²) in [6.07, 6.45) is 1.99. The number of carbonyl (C=O) groups excluding carboxylic acids is 1. The lowest BCUT2D eigenvalue weighted by molar-refractivity contribution is -0.00697. The molecule has 1 aliphatic rings. The van der Waals surface area contributed by atoms with Gasteiger partial charge >= 0.3 is 0 Å². The molecule has 3 rings (SSSR count). The zero-order valence-corrected chi connectivity index (χ0v) is 13.5. The van der Waals surface area contributed by atoms with Crippen molar-refractivity contribution < 1.29 is 18.7 Å². The van der Waals surface area contributed by atoms with Crippen LogP contribution in [-0.2, 0) is 11.2 Å². The summed E-state index contributed by atoms with van der Waals surface area (Å²) in [5.74, 6) is -0.907. The molecule has 0 aromatic carbocycles. The molecule has 0 saturated heterocycles. The molecule has 1 amide bonds. The van der Waals surface area contributed by atoms with Crippen LogP contribution < -0.4 is 10.1 Å². The maximum Gasteiger partial charge on any atom is 0.272 e. The van der Waals surface area contributed by atoms with Crippen molar-refractivity contribution in [3.63, 3.8) is 0 Å². The number of carbonyl (C=O) groups is 1. The summed E-state index contributed by atoms with van der Waals surface area (Å²) in [6.45, 7) is 4.22. The normalized spacial score (nSPS) is 19.6. The summed E-state index contributed by atoms with van der Waals surface area (Å²) in [6, 6.07) is 2.75.